The predicted molar refractivity (Wildman–Crippen MR) is 75.0 cm³/mol. The summed E-state index contributed by atoms with van der Waals surface area (Å²) in [5.41, 5.74) is -0.275. The second-order valence-corrected chi connectivity index (χ2v) is 5.53. The Morgan fingerprint density at radius 1 is 1.55 bits per heavy atom. The molecule has 0 aliphatic rings. The van der Waals surface area contributed by atoms with Gasteiger partial charge in [0.05, 0.1) is 9.40 Å². The zero-order chi connectivity index (χ0) is 14.9. The van der Waals surface area contributed by atoms with Crippen LogP contribution in [0.5, 0.6) is 10.9 Å². The van der Waals surface area contributed by atoms with Gasteiger partial charge >= 0.3 is 11.7 Å². The molecule has 0 aliphatic heterocycles. The molecule has 1 N–H and O–H groups in total. The molecule has 2 aromatic rings. The number of carbonyl (C=O) groups is 1. The number of carboxylic acid groups (broad SMARTS) is 1. The quantitative estimate of drug-likeness (QED) is 0.637. The summed E-state index contributed by atoms with van der Waals surface area (Å²) in [7, 11) is 0. The molecule has 0 spiro atoms. The molecular formula is C10H4BrClN2O5S. The fourth-order valence-corrected chi connectivity index (χ4v) is 2.70. The molecule has 20 heavy (non-hydrogen) atoms. The Labute approximate surface area is 129 Å². The number of rotatable bonds is 4. The second kappa shape index (κ2) is 5.73. The number of halogens is 2. The number of nitro benzene ring substituents is 1. The van der Waals surface area contributed by atoms with Crippen LogP contribution in [0, 0.1) is 10.1 Å². The summed E-state index contributed by atoms with van der Waals surface area (Å²) < 4.78 is 5.63. The van der Waals surface area contributed by atoms with Crippen molar-refractivity contribution in [3.05, 3.63) is 42.8 Å². The van der Waals surface area contributed by atoms with Gasteiger partial charge in [0.15, 0.2) is 10.0 Å². The summed E-state index contributed by atoms with van der Waals surface area (Å²) >= 11 is 9.45. The number of ether oxygens (including phenoxy) is 1. The molecule has 1 aromatic carbocycles. The van der Waals surface area contributed by atoms with Gasteiger partial charge < -0.3 is 9.84 Å². The minimum absolute atomic E-state index is 0.0696. The maximum Gasteiger partial charge on any atom is 0.349 e. The fraction of sp³-hybridized carbons (Fsp3) is 0. The van der Waals surface area contributed by atoms with Gasteiger partial charge in [-0.2, -0.15) is 4.98 Å². The van der Waals surface area contributed by atoms with Crippen molar-refractivity contribution in [2.75, 3.05) is 0 Å². The lowest BCUT2D eigenvalue weighted by atomic mass is 10.3. The van der Waals surface area contributed by atoms with Gasteiger partial charge in [0.2, 0.25) is 5.75 Å². The number of hydrogen-bond acceptors (Lipinski definition) is 6. The minimum atomic E-state index is -1.25. The van der Waals surface area contributed by atoms with E-state index < -0.39 is 10.9 Å². The highest BCUT2D eigenvalue weighted by molar-refractivity contribution is 9.10. The number of aromatic nitrogens is 1. The van der Waals surface area contributed by atoms with Gasteiger partial charge in [-0.15, -0.1) is 0 Å². The SMILES string of the molecule is O=C(O)c1sc(Oc2c(Br)cccc2[N+](=O)[O-])nc1Cl. The molecule has 10 heteroatoms. The van der Waals surface area contributed by atoms with Gasteiger partial charge in [0.1, 0.15) is 0 Å². The predicted octanol–water partition coefficient (Wildman–Crippen LogP) is 3.96. The van der Waals surface area contributed by atoms with Crippen LogP contribution in [0.4, 0.5) is 5.69 Å². The van der Waals surface area contributed by atoms with Crippen molar-refractivity contribution < 1.29 is 19.6 Å². The summed E-state index contributed by atoms with van der Waals surface area (Å²) in [6, 6.07) is 4.29. The number of aromatic carboxylic acids is 1. The van der Waals surface area contributed by atoms with Gasteiger partial charge in [-0.1, -0.05) is 29.0 Å². The van der Waals surface area contributed by atoms with Crippen LogP contribution in [0.2, 0.25) is 5.15 Å². The van der Waals surface area contributed by atoms with Crippen LogP contribution in [0.25, 0.3) is 0 Å². The van der Waals surface area contributed by atoms with Crippen molar-refractivity contribution in [1.82, 2.24) is 4.98 Å². The minimum Gasteiger partial charge on any atom is -0.477 e. The van der Waals surface area contributed by atoms with E-state index in [1.165, 1.54) is 12.1 Å². The lowest BCUT2D eigenvalue weighted by Gasteiger charge is -2.04. The van der Waals surface area contributed by atoms with Crippen molar-refractivity contribution in [1.29, 1.82) is 0 Å². The van der Waals surface area contributed by atoms with Gasteiger partial charge in [-0.05, 0) is 22.0 Å². The van der Waals surface area contributed by atoms with Crippen molar-refractivity contribution in [3.63, 3.8) is 0 Å². The van der Waals surface area contributed by atoms with Crippen LogP contribution >= 0.6 is 38.9 Å². The summed E-state index contributed by atoms with van der Waals surface area (Å²) in [6.45, 7) is 0. The Morgan fingerprint density at radius 2 is 2.25 bits per heavy atom. The molecule has 0 unspecified atom stereocenters. The third-order valence-electron chi connectivity index (χ3n) is 2.09. The van der Waals surface area contributed by atoms with Crippen molar-refractivity contribution >= 4 is 50.5 Å². The van der Waals surface area contributed by atoms with Gasteiger partial charge in [-0.3, -0.25) is 10.1 Å². The van der Waals surface area contributed by atoms with Crippen LogP contribution in [-0.2, 0) is 0 Å². The topological polar surface area (TPSA) is 103 Å². The van der Waals surface area contributed by atoms with Crippen LogP contribution in [0.1, 0.15) is 9.67 Å². The van der Waals surface area contributed by atoms with E-state index in [1.807, 2.05) is 0 Å². The van der Waals surface area contributed by atoms with E-state index in [0.717, 1.165) is 0 Å². The summed E-state index contributed by atoms with van der Waals surface area (Å²) in [5, 5.41) is 19.4. The first-order valence-corrected chi connectivity index (χ1v) is 6.89. The average molecular weight is 380 g/mol. The third-order valence-corrected chi connectivity index (χ3v) is 4.02. The number of para-hydroxylation sites is 1. The number of hydrogen-bond donors (Lipinski definition) is 1. The third kappa shape index (κ3) is 2.89. The van der Waals surface area contributed by atoms with E-state index in [9.17, 15) is 14.9 Å². The van der Waals surface area contributed by atoms with E-state index in [4.69, 9.17) is 21.4 Å². The molecule has 2 rings (SSSR count). The highest BCUT2D eigenvalue weighted by Gasteiger charge is 2.22. The average Bonchev–Trinajstić information content (AvgIpc) is 2.72. The first-order chi connectivity index (χ1) is 9.40. The number of carboxylic acids is 1. The zero-order valence-corrected chi connectivity index (χ0v) is 12.5. The molecule has 0 fully saturated rings. The van der Waals surface area contributed by atoms with E-state index in [1.54, 1.807) is 6.07 Å². The molecule has 7 nitrogen and oxygen atoms in total. The molecule has 0 bridgehead atoms. The molecular weight excluding hydrogens is 376 g/mol. The molecule has 0 atom stereocenters. The van der Waals surface area contributed by atoms with Crippen LogP contribution in [0.15, 0.2) is 22.7 Å². The standard InChI is InChI=1S/C10H4BrClN2O5S/c11-4-2-1-3-5(14(17)18)6(4)19-10-13-8(12)7(20-10)9(15)16/h1-3H,(H,15,16). The lowest BCUT2D eigenvalue weighted by Crippen LogP contribution is -1.93. The van der Waals surface area contributed by atoms with Crippen LogP contribution in [-0.4, -0.2) is 21.0 Å². The van der Waals surface area contributed by atoms with Crippen LogP contribution in [0.3, 0.4) is 0 Å². The normalized spacial score (nSPS) is 10.3. The summed E-state index contributed by atoms with van der Waals surface area (Å²) in [4.78, 5) is 24.6. The molecule has 0 aliphatic carbocycles. The molecule has 0 saturated heterocycles. The van der Waals surface area contributed by atoms with Crippen LogP contribution < -0.4 is 4.74 Å². The van der Waals surface area contributed by atoms with Crippen molar-refractivity contribution in [3.8, 4) is 10.9 Å². The number of benzene rings is 1. The van der Waals surface area contributed by atoms with Gasteiger partial charge in [0, 0.05) is 6.07 Å². The molecule has 0 amide bonds. The van der Waals surface area contributed by atoms with Crippen molar-refractivity contribution in [2.24, 2.45) is 0 Å². The first kappa shape index (κ1) is 14.7. The molecule has 0 saturated carbocycles. The Bertz CT molecular complexity index is 705. The maximum absolute atomic E-state index is 10.9. The van der Waals surface area contributed by atoms with E-state index in [-0.39, 0.29) is 26.7 Å². The van der Waals surface area contributed by atoms with E-state index in [0.29, 0.717) is 15.8 Å². The maximum atomic E-state index is 10.9. The number of nitrogens with zero attached hydrogens (tertiary/aromatic N) is 2. The summed E-state index contributed by atoms with van der Waals surface area (Å²) in [6.07, 6.45) is 0. The number of nitro groups is 1. The highest BCUT2D eigenvalue weighted by Crippen LogP contribution is 2.40. The Hall–Kier alpha value is -1.71. The largest absolute Gasteiger partial charge is 0.477 e. The molecule has 1 aromatic heterocycles. The fourth-order valence-electron chi connectivity index (χ4n) is 1.29. The Morgan fingerprint density at radius 3 is 2.80 bits per heavy atom. The summed E-state index contributed by atoms with van der Waals surface area (Å²) in [5.74, 6) is -1.32. The Kier molecular flexibility index (Phi) is 4.21. The zero-order valence-electron chi connectivity index (χ0n) is 9.37. The van der Waals surface area contributed by atoms with E-state index in [2.05, 4.69) is 20.9 Å². The monoisotopic (exact) mass is 378 g/mol. The van der Waals surface area contributed by atoms with Gasteiger partial charge in [-0.25, -0.2) is 4.79 Å². The molecule has 104 valence electrons. The molecule has 0 radical (unpaired) electrons. The second-order valence-electron chi connectivity index (χ2n) is 3.35. The molecule has 1 heterocycles. The smallest absolute Gasteiger partial charge is 0.349 e. The first-order valence-electron chi connectivity index (χ1n) is 4.90. The number of thiazole rings is 1. The van der Waals surface area contributed by atoms with Gasteiger partial charge in [0.25, 0.3) is 5.19 Å². The van der Waals surface area contributed by atoms with Crippen molar-refractivity contribution in [2.45, 2.75) is 0 Å². The lowest BCUT2D eigenvalue weighted by molar-refractivity contribution is -0.385. The highest BCUT2D eigenvalue weighted by atomic mass is 79.9. The van der Waals surface area contributed by atoms with E-state index >= 15 is 0 Å². The Balaban J connectivity index is 2.42.